The Balaban J connectivity index is 1.87. The van der Waals surface area contributed by atoms with Crippen LogP contribution < -0.4 is 11.1 Å². The molecule has 3 rings (SSSR count). The molecule has 0 fully saturated rings. The highest BCUT2D eigenvalue weighted by Gasteiger charge is 2.13. The van der Waals surface area contributed by atoms with Gasteiger partial charge in [0, 0.05) is 11.3 Å². The van der Waals surface area contributed by atoms with Crippen molar-refractivity contribution in [1.82, 2.24) is 10.1 Å². The van der Waals surface area contributed by atoms with Crippen LogP contribution in [0.1, 0.15) is 10.4 Å². The van der Waals surface area contributed by atoms with Crippen LogP contribution in [0.25, 0.3) is 11.4 Å². The second-order valence-electron chi connectivity index (χ2n) is 4.60. The molecule has 0 spiro atoms. The third kappa shape index (κ3) is 3.15. The van der Waals surface area contributed by atoms with Crippen LogP contribution in [-0.2, 0) is 0 Å². The smallest absolute Gasteiger partial charge is 0.322 e. The van der Waals surface area contributed by atoms with Crippen molar-refractivity contribution in [3.63, 3.8) is 0 Å². The lowest BCUT2D eigenvalue weighted by atomic mass is 10.1. The maximum absolute atomic E-state index is 13.6. The number of hydrogen-bond donors (Lipinski definition) is 2. The van der Waals surface area contributed by atoms with Crippen molar-refractivity contribution in [2.45, 2.75) is 0 Å². The molecule has 0 bridgehead atoms. The number of aromatic amines is 1. The normalized spacial score (nSPS) is 10.5. The Kier molecular flexibility index (Phi) is 3.71. The molecule has 0 unspecified atom stereocenters. The number of hydrogen-bond acceptors (Lipinski definition) is 4. The van der Waals surface area contributed by atoms with Crippen molar-refractivity contribution < 1.29 is 18.1 Å². The highest BCUT2D eigenvalue weighted by atomic mass is 19.1. The van der Waals surface area contributed by atoms with Gasteiger partial charge in [-0.1, -0.05) is 17.3 Å². The number of halogens is 2. The summed E-state index contributed by atoms with van der Waals surface area (Å²) < 4.78 is 31.1. The highest BCUT2D eigenvalue weighted by Crippen LogP contribution is 2.19. The van der Waals surface area contributed by atoms with Gasteiger partial charge in [-0.15, -0.1) is 0 Å². The lowest BCUT2D eigenvalue weighted by molar-refractivity contribution is 0.102. The Morgan fingerprint density at radius 1 is 1.17 bits per heavy atom. The van der Waals surface area contributed by atoms with E-state index in [0.29, 0.717) is 11.3 Å². The number of H-pyrrole nitrogens is 1. The second kappa shape index (κ2) is 5.84. The van der Waals surface area contributed by atoms with Crippen molar-refractivity contribution in [2.24, 2.45) is 0 Å². The van der Waals surface area contributed by atoms with Crippen molar-refractivity contribution in [1.29, 1.82) is 0 Å². The monoisotopic (exact) mass is 317 g/mol. The van der Waals surface area contributed by atoms with Gasteiger partial charge in [0.15, 0.2) is 5.82 Å². The summed E-state index contributed by atoms with van der Waals surface area (Å²) in [6, 6.07) is 8.89. The van der Waals surface area contributed by atoms with Crippen LogP contribution in [0.15, 0.2) is 51.8 Å². The summed E-state index contributed by atoms with van der Waals surface area (Å²) in [7, 11) is 0. The van der Waals surface area contributed by atoms with E-state index in [2.05, 4.69) is 20.0 Å². The molecule has 1 aromatic heterocycles. The maximum Gasteiger partial charge on any atom is 0.439 e. The van der Waals surface area contributed by atoms with Crippen molar-refractivity contribution in [2.75, 3.05) is 5.32 Å². The van der Waals surface area contributed by atoms with Gasteiger partial charge < -0.3 is 5.32 Å². The molecule has 116 valence electrons. The molecule has 3 aromatic rings. The van der Waals surface area contributed by atoms with E-state index in [1.165, 1.54) is 6.07 Å². The van der Waals surface area contributed by atoms with E-state index < -0.39 is 28.9 Å². The molecule has 2 aromatic carbocycles. The van der Waals surface area contributed by atoms with Gasteiger partial charge >= 0.3 is 5.76 Å². The van der Waals surface area contributed by atoms with E-state index in [4.69, 9.17) is 0 Å². The van der Waals surface area contributed by atoms with Gasteiger partial charge in [0.25, 0.3) is 5.91 Å². The summed E-state index contributed by atoms with van der Waals surface area (Å²) in [6.07, 6.45) is 0. The number of nitrogens with zero attached hydrogens (tertiary/aromatic N) is 1. The zero-order valence-corrected chi connectivity index (χ0v) is 11.5. The molecule has 0 aliphatic heterocycles. The molecule has 1 heterocycles. The van der Waals surface area contributed by atoms with Crippen LogP contribution in [0.4, 0.5) is 14.5 Å². The fourth-order valence-corrected chi connectivity index (χ4v) is 1.97. The molecular formula is C15H9F2N3O3. The standard InChI is InChI=1S/C15H9F2N3O3/c16-9-4-5-12(17)11(7-9)14(21)18-10-3-1-2-8(6-10)13-19-15(22)23-20-13/h1-7H,(H,18,21)(H,19,20,22). The largest absolute Gasteiger partial charge is 0.439 e. The average Bonchev–Trinajstić information content (AvgIpc) is 2.96. The quantitative estimate of drug-likeness (QED) is 0.777. The van der Waals surface area contributed by atoms with Crippen LogP contribution in [-0.4, -0.2) is 16.0 Å². The van der Waals surface area contributed by atoms with Crippen molar-refractivity contribution in [3.8, 4) is 11.4 Å². The van der Waals surface area contributed by atoms with E-state index in [0.717, 1.165) is 18.2 Å². The number of carbonyl (C=O) groups excluding carboxylic acids is 1. The number of aromatic nitrogens is 2. The predicted octanol–water partition coefficient (Wildman–Crippen LogP) is 2.56. The van der Waals surface area contributed by atoms with Gasteiger partial charge in [-0.05, 0) is 30.3 Å². The fourth-order valence-electron chi connectivity index (χ4n) is 1.97. The Hall–Kier alpha value is -3.29. The Labute approximate surface area is 127 Å². The SMILES string of the molecule is O=C(Nc1cccc(-c2noc(=O)[nH]2)c1)c1cc(F)ccc1F. The van der Waals surface area contributed by atoms with Crippen molar-refractivity contribution >= 4 is 11.6 Å². The lowest BCUT2D eigenvalue weighted by Crippen LogP contribution is -2.14. The third-order valence-electron chi connectivity index (χ3n) is 3.01. The van der Waals surface area contributed by atoms with Gasteiger partial charge in [0.2, 0.25) is 0 Å². The number of benzene rings is 2. The minimum atomic E-state index is -0.833. The van der Waals surface area contributed by atoms with Gasteiger partial charge in [-0.3, -0.25) is 14.3 Å². The summed E-state index contributed by atoms with van der Waals surface area (Å²) in [4.78, 5) is 25.3. The summed E-state index contributed by atoms with van der Waals surface area (Å²) >= 11 is 0. The summed E-state index contributed by atoms with van der Waals surface area (Å²) in [5, 5.41) is 5.97. The Morgan fingerprint density at radius 3 is 2.74 bits per heavy atom. The second-order valence-corrected chi connectivity index (χ2v) is 4.60. The first-order valence-corrected chi connectivity index (χ1v) is 6.46. The highest BCUT2D eigenvalue weighted by molar-refractivity contribution is 6.04. The third-order valence-corrected chi connectivity index (χ3v) is 3.01. The molecule has 6 nitrogen and oxygen atoms in total. The molecule has 2 N–H and O–H groups in total. The topological polar surface area (TPSA) is 88.0 Å². The van der Waals surface area contributed by atoms with E-state index >= 15 is 0 Å². The van der Waals surface area contributed by atoms with Crippen LogP contribution in [0.2, 0.25) is 0 Å². The first-order chi connectivity index (χ1) is 11.0. The molecule has 8 heteroatoms. The van der Waals surface area contributed by atoms with E-state index in [1.54, 1.807) is 18.2 Å². The molecule has 0 saturated heterocycles. The number of nitrogens with one attached hydrogen (secondary N) is 2. The van der Waals surface area contributed by atoms with Crippen LogP contribution in [0.3, 0.4) is 0 Å². The Bertz CT molecular complexity index is 933. The molecule has 23 heavy (non-hydrogen) atoms. The molecule has 0 aliphatic carbocycles. The van der Waals surface area contributed by atoms with E-state index in [-0.39, 0.29) is 5.82 Å². The molecule has 0 atom stereocenters. The average molecular weight is 317 g/mol. The summed E-state index contributed by atoms with van der Waals surface area (Å²) in [6.45, 7) is 0. The first kappa shape index (κ1) is 14.6. The molecule has 1 amide bonds. The number of amides is 1. The summed E-state index contributed by atoms with van der Waals surface area (Å²) in [5.41, 5.74) is 0.388. The van der Waals surface area contributed by atoms with Crippen molar-refractivity contribution in [3.05, 3.63) is 70.2 Å². The molecular weight excluding hydrogens is 308 g/mol. The number of rotatable bonds is 3. The van der Waals surface area contributed by atoms with E-state index in [9.17, 15) is 18.4 Å². The minimum absolute atomic E-state index is 0.183. The van der Waals surface area contributed by atoms with Crippen LogP contribution in [0.5, 0.6) is 0 Å². The number of carbonyl (C=O) groups is 1. The molecule has 0 radical (unpaired) electrons. The first-order valence-electron chi connectivity index (χ1n) is 6.46. The van der Waals surface area contributed by atoms with Gasteiger partial charge in [0.1, 0.15) is 11.6 Å². The van der Waals surface area contributed by atoms with Gasteiger partial charge in [-0.25, -0.2) is 13.6 Å². The fraction of sp³-hybridized carbons (Fsp3) is 0. The van der Waals surface area contributed by atoms with Crippen LogP contribution in [0, 0.1) is 11.6 Å². The van der Waals surface area contributed by atoms with E-state index in [1.807, 2.05) is 0 Å². The maximum atomic E-state index is 13.6. The molecule has 0 saturated carbocycles. The van der Waals surface area contributed by atoms with Gasteiger partial charge in [-0.2, -0.15) is 0 Å². The predicted molar refractivity (Wildman–Crippen MR) is 76.9 cm³/mol. The zero-order valence-electron chi connectivity index (χ0n) is 11.5. The Morgan fingerprint density at radius 2 is 2.00 bits per heavy atom. The zero-order chi connectivity index (χ0) is 16.4. The van der Waals surface area contributed by atoms with Gasteiger partial charge in [0.05, 0.1) is 5.56 Å². The number of anilines is 1. The lowest BCUT2D eigenvalue weighted by Gasteiger charge is -2.07. The molecule has 0 aliphatic rings. The van der Waals surface area contributed by atoms with Crippen LogP contribution >= 0.6 is 0 Å². The minimum Gasteiger partial charge on any atom is -0.322 e. The summed E-state index contributed by atoms with van der Waals surface area (Å²) in [5.74, 6) is -2.88.